The van der Waals surface area contributed by atoms with E-state index >= 15 is 0 Å². The Morgan fingerprint density at radius 3 is 2.53 bits per heavy atom. The molecule has 176 valence electrons. The zero-order valence-corrected chi connectivity index (χ0v) is 19.9. The Morgan fingerprint density at radius 1 is 1.16 bits per heavy atom. The maximum atomic E-state index is 12.8. The summed E-state index contributed by atoms with van der Waals surface area (Å²) in [5, 5.41) is 3.20. The van der Waals surface area contributed by atoms with Crippen LogP contribution >= 0.6 is 0 Å². The molecule has 0 aliphatic carbocycles. The van der Waals surface area contributed by atoms with Crippen LogP contribution < -0.4 is 14.8 Å². The lowest BCUT2D eigenvalue weighted by Crippen LogP contribution is -2.46. The molecule has 0 bridgehead atoms. The van der Waals surface area contributed by atoms with Crippen LogP contribution in [0.15, 0.2) is 29.8 Å². The van der Waals surface area contributed by atoms with Crippen molar-refractivity contribution in [2.75, 3.05) is 46.9 Å². The molecule has 1 unspecified atom stereocenters. The van der Waals surface area contributed by atoms with Crippen LogP contribution in [0, 0.1) is 5.92 Å². The van der Waals surface area contributed by atoms with Crippen LogP contribution in [0.4, 0.5) is 0 Å². The number of allylic oxidation sites excluding steroid dienone is 1. The van der Waals surface area contributed by atoms with E-state index in [1.165, 1.54) is 5.57 Å². The number of amides is 2. The number of nitrogens with one attached hydrogen (secondary N) is 1. The van der Waals surface area contributed by atoms with Gasteiger partial charge in [-0.05, 0) is 50.8 Å². The average Bonchev–Trinajstić information content (AvgIpc) is 3.17. The van der Waals surface area contributed by atoms with Gasteiger partial charge in [0, 0.05) is 45.2 Å². The minimum Gasteiger partial charge on any atom is -0.493 e. The van der Waals surface area contributed by atoms with Crippen molar-refractivity contribution in [1.29, 1.82) is 0 Å². The lowest BCUT2D eigenvalue weighted by molar-refractivity contribution is -0.129. The largest absolute Gasteiger partial charge is 0.493 e. The Bertz CT molecular complexity index is 826. The normalized spacial score (nSPS) is 19.7. The van der Waals surface area contributed by atoms with E-state index in [0.29, 0.717) is 37.4 Å². The Kier molecular flexibility index (Phi) is 8.56. The fraction of sp³-hybridized carbons (Fsp3) is 0.600. The number of ether oxygens (including phenoxy) is 2. The second kappa shape index (κ2) is 11.4. The first-order chi connectivity index (χ1) is 15.4. The molecule has 1 N–H and O–H groups in total. The Balaban J connectivity index is 1.44. The average molecular weight is 444 g/mol. The number of nitrogens with zero attached hydrogens (tertiary/aromatic N) is 2. The van der Waals surface area contributed by atoms with Gasteiger partial charge < -0.3 is 19.7 Å². The molecule has 7 nitrogen and oxygen atoms in total. The number of benzene rings is 1. The Hall–Kier alpha value is -2.54. The number of carbonyl (C=O) groups excluding carboxylic acids is 2. The van der Waals surface area contributed by atoms with E-state index in [-0.39, 0.29) is 23.8 Å². The summed E-state index contributed by atoms with van der Waals surface area (Å²) < 4.78 is 10.6. The molecule has 2 saturated heterocycles. The van der Waals surface area contributed by atoms with Crippen LogP contribution in [0.5, 0.6) is 11.5 Å². The van der Waals surface area contributed by atoms with E-state index < -0.39 is 0 Å². The van der Waals surface area contributed by atoms with Crippen LogP contribution in [0.25, 0.3) is 0 Å². The van der Waals surface area contributed by atoms with E-state index in [1.807, 2.05) is 23.1 Å². The summed E-state index contributed by atoms with van der Waals surface area (Å²) in [5.74, 6) is 1.20. The topological polar surface area (TPSA) is 71.1 Å². The number of hydrogen-bond acceptors (Lipinski definition) is 5. The molecule has 1 aromatic rings. The third kappa shape index (κ3) is 6.48. The minimum atomic E-state index is -0.253. The number of methoxy groups -OCH3 is 2. The van der Waals surface area contributed by atoms with Gasteiger partial charge in [-0.25, -0.2) is 0 Å². The first-order valence-electron chi connectivity index (χ1n) is 11.5. The van der Waals surface area contributed by atoms with Crippen molar-refractivity contribution in [3.63, 3.8) is 0 Å². The zero-order chi connectivity index (χ0) is 23.1. The van der Waals surface area contributed by atoms with Crippen LogP contribution in [0.2, 0.25) is 0 Å². The third-order valence-electron chi connectivity index (χ3n) is 6.40. The predicted octanol–water partition coefficient (Wildman–Crippen LogP) is 2.64. The summed E-state index contributed by atoms with van der Waals surface area (Å²) in [4.78, 5) is 29.5. The summed E-state index contributed by atoms with van der Waals surface area (Å²) in [6.07, 6.45) is 5.19. The van der Waals surface area contributed by atoms with Crippen LogP contribution in [-0.4, -0.2) is 74.6 Å². The number of rotatable bonds is 9. The molecular weight excluding hydrogens is 406 g/mol. The first kappa shape index (κ1) is 24.1. The van der Waals surface area contributed by atoms with Crippen molar-refractivity contribution in [3.05, 3.63) is 35.4 Å². The molecule has 0 radical (unpaired) electrons. The molecule has 2 aliphatic heterocycles. The molecular formula is C25H37N3O4. The molecule has 1 atom stereocenters. The molecule has 1 aromatic carbocycles. The van der Waals surface area contributed by atoms with Gasteiger partial charge in [0.1, 0.15) is 0 Å². The fourth-order valence-corrected chi connectivity index (χ4v) is 4.35. The number of likely N-dealkylation sites (tertiary alicyclic amines) is 2. The molecule has 2 fully saturated rings. The summed E-state index contributed by atoms with van der Waals surface area (Å²) in [6.45, 7) is 8.30. The number of piperidine rings is 1. The smallest absolute Gasteiger partial charge is 0.225 e. The highest BCUT2D eigenvalue weighted by Crippen LogP contribution is 2.28. The fourth-order valence-electron chi connectivity index (χ4n) is 4.35. The lowest BCUT2D eigenvalue weighted by atomic mass is 10.0. The standard InChI is InChI=1S/C25H37N3O4/c1-18(2)7-11-27-12-9-21(10-13-27)26-25(30)20-16-24(29)28(17-20)14-8-19-5-6-22(31-3)23(15-19)32-4/h5-7,15,20-21H,8-14,16-17H2,1-4H3,(H,26,30). The second-order valence-electron chi connectivity index (χ2n) is 9.05. The summed E-state index contributed by atoms with van der Waals surface area (Å²) in [5.41, 5.74) is 2.41. The second-order valence-corrected chi connectivity index (χ2v) is 9.05. The number of carbonyl (C=O) groups is 2. The third-order valence-corrected chi connectivity index (χ3v) is 6.40. The Morgan fingerprint density at radius 2 is 1.88 bits per heavy atom. The quantitative estimate of drug-likeness (QED) is 0.594. The van der Waals surface area contributed by atoms with Gasteiger partial charge in [-0.15, -0.1) is 0 Å². The monoisotopic (exact) mass is 443 g/mol. The van der Waals surface area contributed by atoms with E-state index in [2.05, 4.69) is 30.1 Å². The molecule has 0 aromatic heterocycles. The molecule has 2 amide bonds. The molecule has 32 heavy (non-hydrogen) atoms. The van der Waals surface area contributed by atoms with Gasteiger partial charge in [0.2, 0.25) is 11.8 Å². The minimum absolute atomic E-state index is 0.0229. The van der Waals surface area contributed by atoms with Crippen molar-refractivity contribution >= 4 is 11.8 Å². The molecule has 0 saturated carbocycles. The van der Waals surface area contributed by atoms with Gasteiger partial charge in [-0.3, -0.25) is 14.5 Å². The van der Waals surface area contributed by atoms with E-state index in [0.717, 1.165) is 38.0 Å². The Labute approximate surface area is 191 Å². The van der Waals surface area contributed by atoms with E-state index in [1.54, 1.807) is 14.2 Å². The van der Waals surface area contributed by atoms with Gasteiger partial charge in [-0.1, -0.05) is 17.7 Å². The predicted molar refractivity (Wildman–Crippen MR) is 125 cm³/mol. The summed E-state index contributed by atoms with van der Waals surface area (Å²) >= 11 is 0. The van der Waals surface area contributed by atoms with Crippen molar-refractivity contribution in [3.8, 4) is 11.5 Å². The van der Waals surface area contributed by atoms with Gasteiger partial charge in [0.25, 0.3) is 0 Å². The molecule has 2 heterocycles. The lowest BCUT2D eigenvalue weighted by Gasteiger charge is -2.32. The maximum Gasteiger partial charge on any atom is 0.225 e. The van der Waals surface area contributed by atoms with Crippen LogP contribution in [0.1, 0.15) is 38.7 Å². The van der Waals surface area contributed by atoms with E-state index in [4.69, 9.17) is 9.47 Å². The number of hydrogen-bond donors (Lipinski definition) is 1. The SMILES string of the molecule is COc1ccc(CCN2CC(C(=O)NC3CCN(CC=C(C)C)CC3)CC2=O)cc1OC. The summed E-state index contributed by atoms with van der Waals surface area (Å²) in [6, 6.07) is 6.01. The van der Waals surface area contributed by atoms with Crippen molar-refractivity contribution in [2.24, 2.45) is 5.92 Å². The highest BCUT2D eigenvalue weighted by Gasteiger charge is 2.35. The molecule has 0 spiro atoms. The van der Waals surface area contributed by atoms with Crippen molar-refractivity contribution in [2.45, 2.75) is 45.6 Å². The molecule has 7 heteroatoms. The van der Waals surface area contributed by atoms with Gasteiger partial charge >= 0.3 is 0 Å². The molecule has 2 aliphatic rings. The first-order valence-corrected chi connectivity index (χ1v) is 11.5. The van der Waals surface area contributed by atoms with Crippen molar-refractivity contribution in [1.82, 2.24) is 15.1 Å². The maximum absolute atomic E-state index is 12.8. The highest BCUT2D eigenvalue weighted by molar-refractivity contribution is 5.89. The van der Waals surface area contributed by atoms with Gasteiger partial charge in [0.15, 0.2) is 11.5 Å². The van der Waals surface area contributed by atoms with E-state index in [9.17, 15) is 9.59 Å². The van der Waals surface area contributed by atoms with Gasteiger partial charge in [0.05, 0.1) is 20.1 Å². The van der Waals surface area contributed by atoms with Crippen LogP contribution in [-0.2, 0) is 16.0 Å². The summed E-state index contributed by atoms with van der Waals surface area (Å²) in [7, 11) is 3.22. The highest BCUT2D eigenvalue weighted by atomic mass is 16.5. The van der Waals surface area contributed by atoms with Crippen LogP contribution in [0.3, 0.4) is 0 Å². The van der Waals surface area contributed by atoms with Gasteiger partial charge in [-0.2, -0.15) is 0 Å². The zero-order valence-electron chi connectivity index (χ0n) is 19.9. The van der Waals surface area contributed by atoms with Crippen molar-refractivity contribution < 1.29 is 19.1 Å². The molecule has 3 rings (SSSR count).